The number of fused-ring (bicyclic) bond motifs is 1. The Morgan fingerprint density at radius 3 is 2.68 bits per heavy atom. The third-order valence-corrected chi connectivity index (χ3v) is 5.23. The van der Waals surface area contributed by atoms with Crippen molar-refractivity contribution >= 4 is 45.3 Å². The van der Waals surface area contributed by atoms with Crippen molar-refractivity contribution in [3.05, 3.63) is 67.3 Å². The Morgan fingerprint density at radius 2 is 1.95 bits per heavy atom. The SMILES string of the molecule is O=c1/c(=C/c2ccc(Cl)cc2)sc2nnc(-c3cccs3)n12. The molecule has 108 valence electrons. The van der Waals surface area contributed by atoms with Gasteiger partial charge in [-0.3, -0.25) is 4.79 Å². The normalized spacial score (nSPS) is 12.3. The molecule has 0 fully saturated rings. The fraction of sp³-hybridized carbons (Fsp3) is 0. The standard InChI is InChI=1S/C15H8ClN3OS2/c16-10-5-3-9(4-6-10)8-12-14(20)19-13(11-2-1-7-21-11)17-18-15(19)22-12/h1-8H/b12-8-. The van der Waals surface area contributed by atoms with Gasteiger partial charge in [-0.2, -0.15) is 0 Å². The van der Waals surface area contributed by atoms with Gasteiger partial charge in [-0.1, -0.05) is 41.1 Å². The predicted octanol–water partition coefficient (Wildman–Crippen LogP) is 3.08. The summed E-state index contributed by atoms with van der Waals surface area (Å²) in [6, 6.07) is 11.2. The lowest BCUT2D eigenvalue weighted by atomic mass is 10.2. The Labute approximate surface area is 137 Å². The van der Waals surface area contributed by atoms with Crippen LogP contribution in [0.3, 0.4) is 0 Å². The van der Waals surface area contributed by atoms with Crippen LogP contribution < -0.4 is 10.1 Å². The van der Waals surface area contributed by atoms with Gasteiger partial charge in [0.25, 0.3) is 5.56 Å². The Hall–Kier alpha value is -2.02. The van der Waals surface area contributed by atoms with Crippen LogP contribution in [-0.2, 0) is 0 Å². The molecule has 0 saturated heterocycles. The minimum atomic E-state index is -0.0941. The molecule has 1 aromatic carbocycles. The Bertz CT molecular complexity index is 1050. The van der Waals surface area contributed by atoms with Gasteiger partial charge in [-0.05, 0) is 35.2 Å². The molecule has 0 unspecified atom stereocenters. The second-order valence-corrected chi connectivity index (χ2v) is 6.98. The van der Waals surface area contributed by atoms with Crippen molar-refractivity contribution in [2.75, 3.05) is 0 Å². The van der Waals surface area contributed by atoms with Crippen LogP contribution in [0, 0.1) is 0 Å². The van der Waals surface area contributed by atoms with Crippen molar-refractivity contribution < 1.29 is 0 Å². The number of hydrogen-bond donors (Lipinski definition) is 0. The molecule has 0 spiro atoms. The highest BCUT2D eigenvalue weighted by Crippen LogP contribution is 2.22. The lowest BCUT2D eigenvalue weighted by molar-refractivity contribution is 1.10. The van der Waals surface area contributed by atoms with Crippen LogP contribution in [0.2, 0.25) is 5.02 Å². The molecule has 0 saturated carbocycles. The van der Waals surface area contributed by atoms with Crippen molar-refractivity contribution in [2.45, 2.75) is 0 Å². The maximum Gasteiger partial charge on any atom is 0.276 e. The Kier molecular flexibility index (Phi) is 3.29. The summed E-state index contributed by atoms with van der Waals surface area (Å²) in [5.74, 6) is 0.599. The second kappa shape index (κ2) is 5.31. The fourth-order valence-electron chi connectivity index (χ4n) is 2.14. The maximum absolute atomic E-state index is 12.6. The first-order chi connectivity index (χ1) is 10.7. The fourth-order valence-corrected chi connectivity index (χ4v) is 3.88. The summed E-state index contributed by atoms with van der Waals surface area (Å²) in [5, 5.41) is 10.9. The number of rotatable bonds is 2. The molecule has 0 N–H and O–H groups in total. The van der Waals surface area contributed by atoms with Gasteiger partial charge in [-0.25, -0.2) is 4.40 Å². The largest absolute Gasteiger partial charge is 0.276 e. The van der Waals surface area contributed by atoms with Crippen LogP contribution in [0.4, 0.5) is 0 Å². The number of thiophene rings is 1. The molecule has 4 aromatic rings. The topological polar surface area (TPSA) is 47.3 Å². The third kappa shape index (κ3) is 2.25. The van der Waals surface area contributed by atoms with Gasteiger partial charge in [0.05, 0.1) is 9.41 Å². The van der Waals surface area contributed by atoms with Crippen molar-refractivity contribution in [1.82, 2.24) is 14.6 Å². The van der Waals surface area contributed by atoms with Crippen LogP contribution in [0.15, 0.2) is 46.6 Å². The van der Waals surface area contributed by atoms with Gasteiger partial charge in [-0.15, -0.1) is 21.5 Å². The maximum atomic E-state index is 12.6. The highest BCUT2D eigenvalue weighted by atomic mass is 35.5. The number of halogens is 1. The molecule has 0 aliphatic heterocycles. The van der Waals surface area contributed by atoms with Gasteiger partial charge in [0.15, 0.2) is 5.82 Å². The van der Waals surface area contributed by atoms with E-state index in [1.54, 1.807) is 16.5 Å². The van der Waals surface area contributed by atoms with Gasteiger partial charge < -0.3 is 0 Å². The smallest absolute Gasteiger partial charge is 0.267 e. The number of benzene rings is 1. The minimum Gasteiger partial charge on any atom is -0.267 e. The molecule has 3 heterocycles. The van der Waals surface area contributed by atoms with Crippen molar-refractivity contribution in [3.63, 3.8) is 0 Å². The van der Waals surface area contributed by atoms with E-state index in [2.05, 4.69) is 10.2 Å². The highest BCUT2D eigenvalue weighted by molar-refractivity contribution is 7.15. The molecule has 0 atom stereocenters. The van der Waals surface area contributed by atoms with E-state index in [9.17, 15) is 4.79 Å². The molecule has 7 heteroatoms. The quantitative estimate of drug-likeness (QED) is 0.561. The Morgan fingerprint density at radius 1 is 1.14 bits per heavy atom. The zero-order valence-corrected chi connectivity index (χ0v) is 13.5. The molecule has 0 aliphatic rings. The molecule has 3 aromatic heterocycles. The third-order valence-electron chi connectivity index (χ3n) is 3.16. The summed E-state index contributed by atoms with van der Waals surface area (Å²) in [4.78, 5) is 14.2. The number of nitrogens with zero attached hydrogens (tertiary/aromatic N) is 3. The lowest BCUT2D eigenvalue weighted by Crippen LogP contribution is -2.23. The summed E-state index contributed by atoms with van der Waals surface area (Å²) >= 11 is 8.75. The zero-order chi connectivity index (χ0) is 15.1. The van der Waals surface area contributed by atoms with Crippen LogP contribution in [0.25, 0.3) is 21.7 Å². The highest BCUT2D eigenvalue weighted by Gasteiger charge is 2.14. The number of thiazole rings is 1. The first kappa shape index (κ1) is 13.6. The van der Waals surface area contributed by atoms with E-state index in [1.807, 2.05) is 35.7 Å². The first-order valence-electron chi connectivity index (χ1n) is 6.41. The second-order valence-electron chi connectivity index (χ2n) is 4.59. The van der Waals surface area contributed by atoms with Gasteiger partial charge >= 0.3 is 0 Å². The van der Waals surface area contributed by atoms with E-state index in [4.69, 9.17) is 11.6 Å². The average molecular weight is 346 g/mol. The molecule has 0 radical (unpaired) electrons. The van der Waals surface area contributed by atoms with Crippen molar-refractivity contribution in [1.29, 1.82) is 0 Å². The predicted molar refractivity (Wildman–Crippen MR) is 90.7 cm³/mol. The van der Waals surface area contributed by atoms with Gasteiger partial charge in [0.2, 0.25) is 4.96 Å². The van der Waals surface area contributed by atoms with E-state index >= 15 is 0 Å². The van der Waals surface area contributed by atoms with Crippen LogP contribution in [0.1, 0.15) is 5.56 Å². The summed E-state index contributed by atoms with van der Waals surface area (Å²) < 4.78 is 2.20. The average Bonchev–Trinajstić information content (AvgIpc) is 3.21. The van der Waals surface area contributed by atoms with E-state index in [0.29, 0.717) is 20.3 Å². The van der Waals surface area contributed by atoms with Crippen molar-refractivity contribution in [3.8, 4) is 10.7 Å². The monoisotopic (exact) mass is 345 g/mol. The van der Waals surface area contributed by atoms with E-state index in [0.717, 1.165) is 10.4 Å². The van der Waals surface area contributed by atoms with E-state index in [-0.39, 0.29) is 5.56 Å². The van der Waals surface area contributed by atoms with Crippen LogP contribution in [0.5, 0.6) is 0 Å². The van der Waals surface area contributed by atoms with Gasteiger partial charge in [0, 0.05) is 5.02 Å². The molecular formula is C15H8ClN3OS2. The molecule has 4 rings (SSSR count). The molecule has 0 bridgehead atoms. The van der Waals surface area contributed by atoms with Crippen LogP contribution >= 0.6 is 34.3 Å². The Balaban J connectivity index is 1.92. The summed E-state index contributed by atoms with van der Waals surface area (Å²) in [7, 11) is 0. The molecule has 22 heavy (non-hydrogen) atoms. The molecule has 0 aliphatic carbocycles. The minimum absolute atomic E-state index is 0.0941. The summed E-state index contributed by atoms with van der Waals surface area (Å²) in [5.41, 5.74) is 0.833. The molecule has 0 amide bonds. The summed E-state index contributed by atoms with van der Waals surface area (Å²) in [6.07, 6.45) is 1.84. The van der Waals surface area contributed by atoms with Crippen molar-refractivity contribution in [2.24, 2.45) is 0 Å². The zero-order valence-electron chi connectivity index (χ0n) is 11.1. The van der Waals surface area contributed by atoms with Gasteiger partial charge in [0.1, 0.15) is 0 Å². The van der Waals surface area contributed by atoms with E-state index < -0.39 is 0 Å². The van der Waals surface area contributed by atoms with Crippen LogP contribution in [-0.4, -0.2) is 14.6 Å². The van der Waals surface area contributed by atoms with E-state index in [1.165, 1.54) is 22.7 Å². The number of aromatic nitrogens is 3. The molecular weight excluding hydrogens is 338 g/mol. The number of hydrogen-bond acceptors (Lipinski definition) is 5. The first-order valence-corrected chi connectivity index (χ1v) is 8.49. The molecule has 4 nitrogen and oxygen atoms in total. The summed E-state index contributed by atoms with van der Waals surface area (Å²) in [6.45, 7) is 0. The lowest BCUT2D eigenvalue weighted by Gasteiger charge is -1.91.